The second-order valence-corrected chi connectivity index (χ2v) is 12.4. The molecule has 1 aromatic heterocycles. The molecule has 2 aliphatic rings. The van der Waals surface area contributed by atoms with Crippen LogP contribution in [0.5, 0.6) is 0 Å². The zero-order chi connectivity index (χ0) is 21.9. The Hall–Kier alpha value is -2.09. The second kappa shape index (κ2) is 5.58. The van der Waals surface area contributed by atoms with Crippen molar-refractivity contribution in [2.24, 2.45) is 0 Å². The molecule has 3 aromatic rings. The molecule has 2 aromatic carbocycles. The minimum atomic E-state index is -0.0528. The molecule has 0 unspecified atom stereocenters. The van der Waals surface area contributed by atoms with Crippen LogP contribution in [0.1, 0.15) is 97.4 Å². The van der Waals surface area contributed by atoms with Gasteiger partial charge in [-0.05, 0) is 66.7 Å². The minimum absolute atomic E-state index is 0.0216. The zero-order valence-electron chi connectivity index (χ0n) is 20.2. The summed E-state index contributed by atoms with van der Waals surface area (Å²) in [5.74, 6) is 0. The number of rotatable bonds is 0. The number of fused-ring (bicyclic) bond motifs is 4. The summed E-state index contributed by atoms with van der Waals surface area (Å²) in [6.45, 7) is 21.4. The standard InChI is InChI=1S/C28H36N2/c1-25(2,3)30-17-29-20-14-13-18-22(27(6,7)16-15-26(18,4)5)23(20)28(8,9)19-11-10-12-21(30)24(19)29/h10-14H,15-16H2,1-9H3. The van der Waals surface area contributed by atoms with Gasteiger partial charge in [0.1, 0.15) is 0 Å². The van der Waals surface area contributed by atoms with E-state index in [0.29, 0.717) is 0 Å². The molecule has 1 aliphatic carbocycles. The molecule has 2 nitrogen and oxygen atoms in total. The molecule has 0 atom stereocenters. The fraction of sp³-hybridized carbons (Fsp3) is 0.536. The van der Waals surface area contributed by atoms with Crippen LogP contribution in [0, 0.1) is 6.33 Å². The molecule has 0 N–H and O–H groups in total. The van der Waals surface area contributed by atoms with Crippen molar-refractivity contribution in [3.8, 4) is 5.69 Å². The van der Waals surface area contributed by atoms with Gasteiger partial charge in [0.2, 0.25) is 6.33 Å². The summed E-state index contributed by atoms with van der Waals surface area (Å²) in [7, 11) is 0. The Morgan fingerprint density at radius 2 is 1.50 bits per heavy atom. The molecule has 2 heterocycles. The van der Waals surface area contributed by atoms with Crippen LogP contribution in [-0.2, 0) is 21.8 Å². The predicted octanol–water partition coefficient (Wildman–Crippen LogP) is 6.46. The second-order valence-electron chi connectivity index (χ2n) is 12.4. The van der Waals surface area contributed by atoms with Crippen LogP contribution in [0.2, 0.25) is 0 Å². The Morgan fingerprint density at radius 1 is 0.833 bits per heavy atom. The van der Waals surface area contributed by atoms with Gasteiger partial charge in [-0.1, -0.05) is 71.9 Å². The first kappa shape index (κ1) is 19.8. The molecule has 0 bridgehead atoms. The molecule has 0 radical (unpaired) electrons. The first-order valence-electron chi connectivity index (χ1n) is 11.5. The highest BCUT2D eigenvalue weighted by Crippen LogP contribution is 2.53. The highest BCUT2D eigenvalue weighted by atomic mass is 15.2. The van der Waals surface area contributed by atoms with Gasteiger partial charge in [0.25, 0.3) is 0 Å². The Morgan fingerprint density at radius 3 is 2.17 bits per heavy atom. The van der Waals surface area contributed by atoms with Crippen molar-refractivity contribution in [1.29, 1.82) is 0 Å². The summed E-state index contributed by atoms with van der Waals surface area (Å²) in [6, 6.07) is 11.6. The average molecular weight is 401 g/mol. The van der Waals surface area contributed by atoms with E-state index in [9.17, 15) is 0 Å². The predicted molar refractivity (Wildman–Crippen MR) is 125 cm³/mol. The highest BCUT2D eigenvalue weighted by molar-refractivity contribution is 5.81. The lowest BCUT2D eigenvalue weighted by atomic mass is 9.58. The molecule has 1 aliphatic heterocycles. The summed E-state index contributed by atoms with van der Waals surface area (Å²) in [5, 5.41) is 0. The summed E-state index contributed by atoms with van der Waals surface area (Å²) >= 11 is 0. The molecule has 0 saturated heterocycles. The summed E-state index contributed by atoms with van der Waals surface area (Å²) < 4.78 is 4.68. The number of benzene rings is 2. The number of aromatic nitrogens is 2. The van der Waals surface area contributed by atoms with Gasteiger partial charge in [-0.15, -0.1) is 0 Å². The van der Waals surface area contributed by atoms with E-state index in [2.05, 4.69) is 108 Å². The molecule has 0 fully saturated rings. The van der Waals surface area contributed by atoms with Crippen molar-refractivity contribution in [3.05, 3.63) is 58.9 Å². The van der Waals surface area contributed by atoms with Crippen molar-refractivity contribution in [2.75, 3.05) is 0 Å². The smallest absolute Gasteiger partial charge is 0.244 e. The van der Waals surface area contributed by atoms with Gasteiger partial charge in [0.15, 0.2) is 0 Å². The molecule has 0 spiro atoms. The van der Waals surface area contributed by atoms with Gasteiger partial charge in [-0.25, -0.2) is 0 Å². The molecular weight excluding hydrogens is 364 g/mol. The van der Waals surface area contributed by atoms with E-state index in [-0.39, 0.29) is 21.8 Å². The number of nitrogens with zero attached hydrogens (tertiary/aromatic N) is 2. The fourth-order valence-electron chi connectivity index (χ4n) is 6.04. The lowest BCUT2D eigenvalue weighted by molar-refractivity contribution is -0.576. The van der Waals surface area contributed by atoms with E-state index in [1.165, 1.54) is 46.3 Å². The third kappa shape index (κ3) is 2.40. The maximum atomic E-state index is 3.75. The van der Waals surface area contributed by atoms with Crippen LogP contribution in [0.25, 0.3) is 16.7 Å². The van der Waals surface area contributed by atoms with Gasteiger partial charge in [0.05, 0.1) is 22.3 Å². The SMILES string of the molecule is CC1(C)CCC(C)(C)c2c1ccc1c2C(C)(C)c2cccc3c2[n+]-1[c-]n3C(C)(C)C. The Labute approximate surface area is 181 Å². The van der Waals surface area contributed by atoms with Crippen molar-refractivity contribution in [2.45, 2.75) is 96.9 Å². The van der Waals surface area contributed by atoms with Crippen LogP contribution in [-0.4, -0.2) is 4.57 Å². The molecule has 0 saturated carbocycles. The largest absolute Gasteiger partial charge is 0.319 e. The maximum absolute atomic E-state index is 3.75. The number of imidazole rings is 1. The zero-order valence-corrected chi connectivity index (χ0v) is 20.2. The Bertz CT molecular complexity index is 1200. The fourth-order valence-corrected chi connectivity index (χ4v) is 6.04. The highest BCUT2D eigenvalue weighted by Gasteiger charge is 2.44. The van der Waals surface area contributed by atoms with E-state index in [4.69, 9.17) is 0 Å². The lowest BCUT2D eigenvalue weighted by Crippen LogP contribution is -2.45. The molecule has 30 heavy (non-hydrogen) atoms. The molecule has 5 rings (SSSR count). The molecule has 158 valence electrons. The first-order valence-corrected chi connectivity index (χ1v) is 11.5. The van der Waals surface area contributed by atoms with E-state index >= 15 is 0 Å². The molecule has 0 amide bonds. The first-order chi connectivity index (χ1) is 13.8. The van der Waals surface area contributed by atoms with E-state index in [1.807, 2.05) is 0 Å². The summed E-state index contributed by atoms with van der Waals surface area (Å²) in [6.07, 6.45) is 6.23. The van der Waals surface area contributed by atoms with Gasteiger partial charge in [-0.2, -0.15) is 0 Å². The van der Waals surface area contributed by atoms with Crippen LogP contribution >= 0.6 is 0 Å². The summed E-state index contributed by atoms with van der Waals surface area (Å²) in [4.78, 5) is 0. The lowest BCUT2D eigenvalue weighted by Gasteiger charge is -2.48. The number of para-hydroxylation sites is 1. The van der Waals surface area contributed by atoms with Crippen LogP contribution in [0.4, 0.5) is 0 Å². The molecule has 2 heteroatoms. The van der Waals surface area contributed by atoms with E-state index < -0.39 is 0 Å². The maximum Gasteiger partial charge on any atom is 0.244 e. The van der Waals surface area contributed by atoms with Crippen LogP contribution in [0.15, 0.2) is 30.3 Å². The summed E-state index contributed by atoms with van der Waals surface area (Å²) in [5.41, 5.74) is 10.3. The third-order valence-electron chi connectivity index (χ3n) is 7.85. The van der Waals surface area contributed by atoms with Gasteiger partial charge in [-0.3, -0.25) is 0 Å². The normalized spacial score (nSPS) is 20.7. The van der Waals surface area contributed by atoms with Crippen molar-refractivity contribution in [1.82, 2.24) is 4.57 Å². The van der Waals surface area contributed by atoms with Crippen LogP contribution < -0.4 is 4.57 Å². The van der Waals surface area contributed by atoms with Crippen LogP contribution in [0.3, 0.4) is 0 Å². The number of hydrogen-bond acceptors (Lipinski definition) is 0. The molecular formula is C28H36N2. The van der Waals surface area contributed by atoms with Crippen molar-refractivity contribution >= 4 is 11.0 Å². The Balaban J connectivity index is 1.97. The van der Waals surface area contributed by atoms with Gasteiger partial charge in [0, 0.05) is 5.41 Å². The topological polar surface area (TPSA) is 8.81 Å². The quantitative estimate of drug-likeness (QED) is 0.302. The van der Waals surface area contributed by atoms with Crippen molar-refractivity contribution < 1.29 is 4.57 Å². The van der Waals surface area contributed by atoms with Gasteiger partial charge < -0.3 is 9.13 Å². The van der Waals surface area contributed by atoms with E-state index in [0.717, 1.165) is 0 Å². The Kier molecular flexibility index (Phi) is 3.69. The van der Waals surface area contributed by atoms with E-state index in [1.54, 1.807) is 5.56 Å². The van der Waals surface area contributed by atoms with Gasteiger partial charge >= 0.3 is 0 Å². The monoisotopic (exact) mass is 400 g/mol. The average Bonchev–Trinajstić information content (AvgIpc) is 3.04. The van der Waals surface area contributed by atoms with Crippen molar-refractivity contribution in [3.63, 3.8) is 0 Å². The minimum Gasteiger partial charge on any atom is -0.319 e. The third-order valence-corrected chi connectivity index (χ3v) is 7.85. The number of hydrogen-bond donors (Lipinski definition) is 0.